The van der Waals surface area contributed by atoms with Gasteiger partial charge in [-0.3, -0.25) is 9.79 Å². The fourth-order valence-electron chi connectivity index (χ4n) is 1.11. The smallest absolute Gasteiger partial charge is 0.309 e. The number of para-hydroxylation sites is 1. The van der Waals surface area contributed by atoms with E-state index in [0.717, 1.165) is 0 Å². The molecule has 4 nitrogen and oxygen atoms in total. The Hall–Kier alpha value is -1.97. The van der Waals surface area contributed by atoms with Crippen molar-refractivity contribution in [1.82, 2.24) is 0 Å². The Kier molecular flexibility index (Phi) is 3.12. The number of carbonyl (C=O) groups is 1. The van der Waals surface area contributed by atoms with Crippen molar-refractivity contribution < 1.29 is 9.90 Å². The van der Waals surface area contributed by atoms with Crippen molar-refractivity contribution in [3.05, 3.63) is 29.8 Å². The van der Waals surface area contributed by atoms with E-state index in [-0.39, 0.29) is 12.1 Å². The number of aliphatic carboxylic acids is 1. The van der Waals surface area contributed by atoms with Crippen molar-refractivity contribution in [2.24, 2.45) is 4.99 Å². The molecule has 0 bridgehead atoms. The quantitative estimate of drug-likeness (QED) is 0.711. The van der Waals surface area contributed by atoms with Gasteiger partial charge in [0.2, 0.25) is 0 Å². The Morgan fingerprint density at radius 2 is 2.14 bits per heavy atom. The van der Waals surface area contributed by atoms with Crippen molar-refractivity contribution >= 4 is 24.1 Å². The van der Waals surface area contributed by atoms with Gasteiger partial charge in [-0.1, -0.05) is 18.2 Å². The Morgan fingerprint density at radius 1 is 1.50 bits per heavy atom. The molecule has 0 amide bonds. The van der Waals surface area contributed by atoms with E-state index >= 15 is 0 Å². The zero-order valence-corrected chi connectivity index (χ0v) is 7.53. The Balaban J connectivity index is 2.99. The summed E-state index contributed by atoms with van der Waals surface area (Å²) in [6.07, 6.45) is -0.299. The largest absolute Gasteiger partial charge is 0.481 e. The van der Waals surface area contributed by atoms with E-state index in [9.17, 15) is 4.79 Å². The molecule has 0 aliphatic rings. The van der Waals surface area contributed by atoms with Crippen LogP contribution in [0.25, 0.3) is 0 Å². The summed E-state index contributed by atoms with van der Waals surface area (Å²) < 4.78 is 0. The van der Waals surface area contributed by atoms with Gasteiger partial charge in [0.25, 0.3) is 0 Å². The molecular formula is C10H10N2O2. The highest BCUT2D eigenvalue weighted by atomic mass is 16.4. The topological polar surface area (TPSA) is 73.5 Å². The van der Waals surface area contributed by atoms with E-state index in [1.54, 1.807) is 24.3 Å². The van der Waals surface area contributed by atoms with Crippen molar-refractivity contribution in [3.63, 3.8) is 0 Å². The second-order valence-corrected chi connectivity index (χ2v) is 2.72. The van der Waals surface area contributed by atoms with Crippen LogP contribution in [-0.4, -0.2) is 23.5 Å². The van der Waals surface area contributed by atoms with E-state index < -0.39 is 5.97 Å². The molecule has 14 heavy (non-hydrogen) atoms. The summed E-state index contributed by atoms with van der Waals surface area (Å²) in [7, 11) is 0. The number of nitrogens with one attached hydrogen (secondary N) is 1. The van der Waals surface area contributed by atoms with Gasteiger partial charge in [0.1, 0.15) is 0 Å². The Bertz CT molecular complexity index is 385. The maximum absolute atomic E-state index is 10.4. The normalized spacial score (nSPS) is 9.43. The minimum atomic E-state index is -1.02. The SMILES string of the molecule is C=Nc1ccccc1C(=N)CC(=O)O. The highest BCUT2D eigenvalue weighted by Crippen LogP contribution is 2.19. The molecular weight excluding hydrogens is 180 g/mol. The summed E-state index contributed by atoms with van der Waals surface area (Å²) in [6.45, 7) is 3.36. The average Bonchev–Trinajstić information content (AvgIpc) is 2.16. The molecule has 0 fully saturated rings. The lowest BCUT2D eigenvalue weighted by Crippen LogP contribution is -2.07. The van der Waals surface area contributed by atoms with Crippen molar-refractivity contribution in [3.8, 4) is 0 Å². The lowest BCUT2D eigenvalue weighted by atomic mass is 10.1. The molecule has 0 aliphatic carbocycles. The number of benzene rings is 1. The van der Waals surface area contributed by atoms with E-state index in [2.05, 4.69) is 11.7 Å². The number of nitrogens with zero attached hydrogens (tertiary/aromatic N) is 1. The summed E-state index contributed by atoms with van der Waals surface area (Å²) in [5.74, 6) is -1.02. The third kappa shape index (κ3) is 2.26. The Morgan fingerprint density at radius 3 is 2.71 bits per heavy atom. The van der Waals surface area contributed by atoms with Gasteiger partial charge in [-0.15, -0.1) is 0 Å². The van der Waals surface area contributed by atoms with Crippen molar-refractivity contribution in [1.29, 1.82) is 5.41 Å². The van der Waals surface area contributed by atoms with Gasteiger partial charge in [-0.2, -0.15) is 0 Å². The van der Waals surface area contributed by atoms with Gasteiger partial charge in [-0.25, -0.2) is 0 Å². The third-order valence-electron chi connectivity index (χ3n) is 1.73. The molecule has 0 aliphatic heterocycles. The molecule has 1 aromatic rings. The van der Waals surface area contributed by atoms with Gasteiger partial charge in [0.15, 0.2) is 0 Å². The first-order chi connectivity index (χ1) is 6.65. The van der Waals surface area contributed by atoms with Gasteiger partial charge < -0.3 is 10.5 Å². The van der Waals surface area contributed by atoms with Crippen LogP contribution in [0.4, 0.5) is 5.69 Å². The molecule has 0 unspecified atom stereocenters. The van der Waals surface area contributed by atoms with Crippen LogP contribution in [0.2, 0.25) is 0 Å². The third-order valence-corrected chi connectivity index (χ3v) is 1.73. The van der Waals surface area contributed by atoms with Crippen molar-refractivity contribution in [2.45, 2.75) is 6.42 Å². The molecule has 1 rings (SSSR count). The van der Waals surface area contributed by atoms with Crippen LogP contribution >= 0.6 is 0 Å². The second-order valence-electron chi connectivity index (χ2n) is 2.72. The standard InChI is InChI=1S/C10H10N2O2/c1-12-9-5-3-2-4-7(9)8(11)6-10(13)14/h2-5,11H,1,6H2,(H,13,14). The van der Waals surface area contributed by atoms with E-state index in [4.69, 9.17) is 10.5 Å². The maximum Gasteiger partial charge on any atom is 0.309 e. The molecule has 0 heterocycles. The van der Waals surface area contributed by atoms with Gasteiger partial charge in [0, 0.05) is 5.56 Å². The van der Waals surface area contributed by atoms with Crippen LogP contribution < -0.4 is 0 Å². The number of rotatable bonds is 4. The predicted octanol–water partition coefficient (Wildman–Crippen LogP) is 1.86. The first kappa shape index (κ1) is 10.1. The van der Waals surface area contributed by atoms with Crippen LogP contribution in [-0.2, 0) is 4.79 Å². The monoisotopic (exact) mass is 190 g/mol. The number of carboxylic acids is 1. The number of aliphatic imine (C=N–C) groups is 1. The first-order valence-corrected chi connectivity index (χ1v) is 4.00. The summed E-state index contributed by atoms with van der Waals surface area (Å²) in [5, 5.41) is 16.1. The van der Waals surface area contributed by atoms with Crippen LogP contribution in [0.3, 0.4) is 0 Å². The molecule has 0 saturated carbocycles. The van der Waals surface area contributed by atoms with Crippen LogP contribution in [0.15, 0.2) is 29.3 Å². The number of hydrogen-bond acceptors (Lipinski definition) is 3. The lowest BCUT2D eigenvalue weighted by molar-refractivity contribution is -0.135. The minimum absolute atomic E-state index is 0.0421. The molecule has 2 N–H and O–H groups in total. The minimum Gasteiger partial charge on any atom is -0.481 e. The summed E-state index contributed by atoms with van der Waals surface area (Å²) in [6, 6.07) is 6.86. The zero-order chi connectivity index (χ0) is 10.6. The summed E-state index contributed by atoms with van der Waals surface area (Å²) in [5.41, 5.74) is 1.10. The van der Waals surface area contributed by atoms with Gasteiger partial charge in [0.05, 0.1) is 17.8 Å². The first-order valence-electron chi connectivity index (χ1n) is 4.00. The van der Waals surface area contributed by atoms with Crippen molar-refractivity contribution in [2.75, 3.05) is 0 Å². The number of hydrogen-bond donors (Lipinski definition) is 2. The molecule has 0 spiro atoms. The van der Waals surface area contributed by atoms with Gasteiger partial charge >= 0.3 is 5.97 Å². The van der Waals surface area contributed by atoms with Crippen LogP contribution in [0, 0.1) is 5.41 Å². The highest BCUT2D eigenvalue weighted by molar-refractivity contribution is 6.09. The molecule has 0 aromatic heterocycles. The van der Waals surface area contributed by atoms with Crippen LogP contribution in [0.1, 0.15) is 12.0 Å². The van der Waals surface area contributed by atoms with E-state index in [1.807, 2.05) is 0 Å². The van der Waals surface area contributed by atoms with E-state index in [1.165, 1.54) is 0 Å². The second kappa shape index (κ2) is 4.32. The molecule has 0 atom stereocenters. The maximum atomic E-state index is 10.4. The number of carboxylic acid groups (broad SMARTS) is 1. The summed E-state index contributed by atoms with van der Waals surface area (Å²) >= 11 is 0. The molecule has 1 aromatic carbocycles. The zero-order valence-electron chi connectivity index (χ0n) is 7.53. The lowest BCUT2D eigenvalue weighted by Gasteiger charge is -2.04. The predicted molar refractivity (Wildman–Crippen MR) is 54.7 cm³/mol. The molecule has 4 heteroatoms. The fourth-order valence-corrected chi connectivity index (χ4v) is 1.11. The molecule has 0 radical (unpaired) electrons. The average molecular weight is 190 g/mol. The molecule has 0 saturated heterocycles. The summed E-state index contributed by atoms with van der Waals surface area (Å²) in [4.78, 5) is 14.1. The van der Waals surface area contributed by atoms with E-state index in [0.29, 0.717) is 11.3 Å². The fraction of sp³-hybridized carbons (Fsp3) is 0.100. The molecule has 72 valence electrons. The highest BCUT2D eigenvalue weighted by Gasteiger charge is 2.09. The van der Waals surface area contributed by atoms with Crippen LogP contribution in [0.5, 0.6) is 0 Å². The Labute approximate surface area is 81.4 Å². The van der Waals surface area contributed by atoms with Gasteiger partial charge in [-0.05, 0) is 12.8 Å².